The smallest absolute Gasteiger partial charge is 0.340 e. The number of esters is 1. The minimum atomic E-state index is -0.390. The highest BCUT2D eigenvalue weighted by molar-refractivity contribution is 7.80. The fraction of sp³-hybridized carbons (Fsp3) is 0.294. The van der Waals surface area contributed by atoms with E-state index in [0.29, 0.717) is 15.7 Å². The number of ether oxygens (including phenoxy) is 3. The second kappa shape index (κ2) is 7.28. The van der Waals surface area contributed by atoms with E-state index in [9.17, 15) is 4.79 Å². The van der Waals surface area contributed by atoms with Crippen molar-refractivity contribution < 1.29 is 19.0 Å². The molecule has 6 nitrogen and oxygen atoms in total. The number of aryl methyl sites for hydroxylation is 1. The third-order valence-electron chi connectivity index (χ3n) is 3.73. The summed E-state index contributed by atoms with van der Waals surface area (Å²) < 4.78 is 15.5. The lowest BCUT2D eigenvalue weighted by Crippen LogP contribution is -2.31. The summed E-state index contributed by atoms with van der Waals surface area (Å²) in [4.78, 5) is 12.8. The first-order valence-corrected chi connectivity index (χ1v) is 8.86. The number of benzene rings is 1. The van der Waals surface area contributed by atoms with E-state index in [0.717, 1.165) is 21.9 Å². The Bertz CT molecular complexity index is 819. The maximum absolute atomic E-state index is 11.8. The predicted molar refractivity (Wildman–Crippen MR) is 101 cm³/mol. The Hall–Kier alpha value is -2.32. The van der Waals surface area contributed by atoms with Crippen molar-refractivity contribution in [2.24, 2.45) is 0 Å². The van der Waals surface area contributed by atoms with Crippen molar-refractivity contribution >= 4 is 39.6 Å². The van der Waals surface area contributed by atoms with Crippen LogP contribution in [0.4, 0.5) is 5.00 Å². The Labute approximate surface area is 155 Å². The zero-order chi connectivity index (χ0) is 18.0. The lowest BCUT2D eigenvalue weighted by molar-refractivity contribution is 0.0602. The third-order valence-corrected chi connectivity index (χ3v) is 4.92. The van der Waals surface area contributed by atoms with Crippen LogP contribution in [0.15, 0.2) is 24.3 Å². The second-order valence-electron chi connectivity index (χ2n) is 5.52. The molecule has 132 valence electrons. The molecule has 0 spiro atoms. The van der Waals surface area contributed by atoms with E-state index in [1.165, 1.54) is 18.4 Å². The van der Waals surface area contributed by atoms with Crippen molar-refractivity contribution in [2.75, 3.05) is 19.2 Å². The summed E-state index contributed by atoms with van der Waals surface area (Å²) in [5.74, 6) is 1.08. The average molecular weight is 378 g/mol. The number of fused-ring (bicyclic) bond motifs is 1. The molecule has 0 aliphatic carbocycles. The summed E-state index contributed by atoms with van der Waals surface area (Å²) in [7, 11) is 1.36. The Kier molecular flexibility index (Phi) is 5.10. The Balaban J connectivity index is 1.67. The molecule has 2 aromatic rings. The van der Waals surface area contributed by atoms with Gasteiger partial charge in [-0.05, 0) is 49.8 Å². The summed E-state index contributed by atoms with van der Waals surface area (Å²) in [5, 5.41) is 7.38. The zero-order valence-corrected chi connectivity index (χ0v) is 15.7. The van der Waals surface area contributed by atoms with Crippen molar-refractivity contribution in [3.8, 4) is 11.5 Å². The molecule has 0 bridgehead atoms. The lowest BCUT2D eigenvalue weighted by atomic mass is 10.1. The van der Waals surface area contributed by atoms with Gasteiger partial charge < -0.3 is 24.8 Å². The molecule has 1 aromatic heterocycles. The van der Waals surface area contributed by atoms with Gasteiger partial charge in [0.15, 0.2) is 16.6 Å². The maximum atomic E-state index is 11.8. The maximum Gasteiger partial charge on any atom is 0.340 e. The first kappa shape index (κ1) is 17.5. The molecule has 1 atom stereocenters. The molecule has 0 saturated carbocycles. The van der Waals surface area contributed by atoms with E-state index < -0.39 is 5.97 Å². The number of anilines is 1. The van der Waals surface area contributed by atoms with Gasteiger partial charge in [-0.1, -0.05) is 6.07 Å². The minimum Gasteiger partial charge on any atom is -0.465 e. The van der Waals surface area contributed by atoms with Gasteiger partial charge in [-0.15, -0.1) is 11.3 Å². The van der Waals surface area contributed by atoms with Gasteiger partial charge in [0.05, 0.1) is 18.7 Å². The quantitative estimate of drug-likeness (QED) is 0.622. The number of thiophene rings is 1. The van der Waals surface area contributed by atoms with Gasteiger partial charge >= 0.3 is 5.97 Å². The number of hydrogen-bond acceptors (Lipinski definition) is 6. The summed E-state index contributed by atoms with van der Waals surface area (Å²) in [6.07, 6.45) is 0. The lowest BCUT2D eigenvalue weighted by Gasteiger charge is -2.17. The minimum absolute atomic E-state index is 0.0443. The van der Waals surface area contributed by atoms with Gasteiger partial charge in [-0.25, -0.2) is 4.79 Å². The van der Waals surface area contributed by atoms with Crippen LogP contribution in [-0.2, 0) is 4.74 Å². The van der Waals surface area contributed by atoms with Gasteiger partial charge in [-0.3, -0.25) is 0 Å². The molecule has 0 amide bonds. The third kappa shape index (κ3) is 3.85. The highest BCUT2D eigenvalue weighted by atomic mass is 32.1. The fourth-order valence-corrected chi connectivity index (χ4v) is 3.72. The van der Waals surface area contributed by atoms with E-state index in [1.54, 1.807) is 6.07 Å². The average Bonchev–Trinajstić information content (AvgIpc) is 3.19. The highest BCUT2D eigenvalue weighted by Gasteiger charge is 2.18. The Morgan fingerprint density at radius 2 is 2.08 bits per heavy atom. The predicted octanol–water partition coefficient (Wildman–Crippen LogP) is 3.62. The molecule has 0 radical (unpaired) electrons. The van der Waals surface area contributed by atoms with Gasteiger partial charge in [0.25, 0.3) is 0 Å². The zero-order valence-electron chi connectivity index (χ0n) is 14.0. The van der Waals surface area contributed by atoms with Gasteiger partial charge in [0, 0.05) is 4.88 Å². The van der Waals surface area contributed by atoms with Crippen LogP contribution < -0.4 is 20.1 Å². The molecular formula is C17H18N2O4S2. The molecule has 2 N–H and O–H groups in total. The number of carbonyl (C=O) groups excluding carboxylic acids is 1. The first-order chi connectivity index (χ1) is 12.0. The van der Waals surface area contributed by atoms with E-state index in [1.807, 2.05) is 32.0 Å². The summed E-state index contributed by atoms with van der Waals surface area (Å²) in [6.45, 7) is 4.16. The van der Waals surface area contributed by atoms with Crippen molar-refractivity contribution in [1.29, 1.82) is 0 Å². The number of methoxy groups -OCH3 is 1. The first-order valence-electron chi connectivity index (χ1n) is 7.63. The summed E-state index contributed by atoms with van der Waals surface area (Å²) in [6, 6.07) is 7.51. The SMILES string of the molecule is COC(=O)c1cc(C)sc1NC(=S)N[C@@H](C)c1ccc2c(c1)OCO2. The number of rotatable bonds is 4. The Morgan fingerprint density at radius 1 is 1.32 bits per heavy atom. The fourth-order valence-electron chi connectivity index (χ4n) is 2.47. The molecule has 1 aliphatic rings. The molecule has 0 unspecified atom stereocenters. The molecular weight excluding hydrogens is 360 g/mol. The van der Waals surface area contributed by atoms with Crippen LogP contribution in [0.1, 0.15) is 33.8 Å². The van der Waals surface area contributed by atoms with Crippen LogP contribution in [-0.4, -0.2) is 25.0 Å². The van der Waals surface area contributed by atoms with Crippen molar-refractivity contribution in [3.63, 3.8) is 0 Å². The van der Waals surface area contributed by atoms with E-state index in [2.05, 4.69) is 10.6 Å². The van der Waals surface area contributed by atoms with Gasteiger partial charge in [0.2, 0.25) is 6.79 Å². The van der Waals surface area contributed by atoms with Crippen molar-refractivity contribution in [2.45, 2.75) is 19.9 Å². The second-order valence-corrected chi connectivity index (χ2v) is 7.19. The normalized spacial score (nSPS) is 13.2. The Morgan fingerprint density at radius 3 is 2.84 bits per heavy atom. The molecule has 0 fully saturated rings. The molecule has 1 aromatic carbocycles. The molecule has 8 heteroatoms. The highest BCUT2D eigenvalue weighted by Crippen LogP contribution is 2.34. The van der Waals surface area contributed by atoms with Crippen LogP contribution in [0.3, 0.4) is 0 Å². The summed E-state index contributed by atoms with van der Waals surface area (Å²) in [5.41, 5.74) is 1.49. The molecule has 3 rings (SSSR count). The monoisotopic (exact) mass is 378 g/mol. The number of carbonyl (C=O) groups is 1. The van der Waals surface area contributed by atoms with Gasteiger partial charge in [0.1, 0.15) is 5.00 Å². The van der Waals surface area contributed by atoms with Crippen LogP contribution in [0, 0.1) is 6.92 Å². The number of thiocarbonyl (C=S) groups is 1. The molecule has 2 heterocycles. The van der Waals surface area contributed by atoms with Crippen molar-refractivity contribution in [1.82, 2.24) is 5.32 Å². The van der Waals surface area contributed by atoms with Crippen LogP contribution >= 0.6 is 23.6 Å². The van der Waals surface area contributed by atoms with Crippen LogP contribution in [0.5, 0.6) is 11.5 Å². The van der Waals surface area contributed by atoms with E-state index in [-0.39, 0.29) is 12.8 Å². The van der Waals surface area contributed by atoms with Crippen molar-refractivity contribution in [3.05, 3.63) is 40.3 Å². The van der Waals surface area contributed by atoms with E-state index in [4.69, 9.17) is 26.4 Å². The standard InChI is InChI=1S/C17H18N2O4S2/c1-9-6-12(16(20)21-3)15(25-9)19-17(24)18-10(2)11-4-5-13-14(7-11)23-8-22-13/h4-7,10H,8H2,1-3H3,(H2,18,19,24)/t10-/m0/s1. The van der Waals surface area contributed by atoms with Crippen LogP contribution in [0.25, 0.3) is 0 Å². The molecule has 0 saturated heterocycles. The number of hydrogen-bond donors (Lipinski definition) is 2. The topological polar surface area (TPSA) is 68.8 Å². The van der Waals surface area contributed by atoms with Crippen LogP contribution in [0.2, 0.25) is 0 Å². The van der Waals surface area contributed by atoms with Gasteiger partial charge in [-0.2, -0.15) is 0 Å². The molecule has 1 aliphatic heterocycles. The largest absolute Gasteiger partial charge is 0.465 e. The van der Waals surface area contributed by atoms with E-state index >= 15 is 0 Å². The summed E-state index contributed by atoms with van der Waals surface area (Å²) >= 11 is 6.83. The number of nitrogens with one attached hydrogen (secondary N) is 2. The molecule has 25 heavy (non-hydrogen) atoms.